The molecule has 0 aliphatic heterocycles. The van der Waals surface area contributed by atoms with Gasteiger partial charge in [0.05, 0.1) is 11.1 Å². The molecule has 0 aromatic heterocycles. The summed E-state index contributed by atoms with van der Waals surface area (Å²) in [5.41, 5.74) is 1.82. The summed E-state index contributed by atoms with van der Waals surface area (Å²) in [5.74, 6) is -0.380. The number of esters is 1. The molecule has 1 unspecified atom stereocenters. The number of benzene rings is 1. The van der Waals surface area contributed by atoms with E-state index < -0.39 is 17.2 Å². The summed E-state index contributed by atoms with van der Waals surface area (Å²) in [6.45, 7) is 26.0. The second-order valence-electron chi connectivity index (χ2n) is 10.7. The van der Waals surface area contributed by atoms with Crippen LogP contribution in [0.2, 0.25) is 0 Å². The number of carbonyl (C=O) groups is 2. The van der Waals surface area contributed by atoms with Crippen LogP contribution in [0.15, 0.2) is 43.0 Å². The maximum absolute atomic E-state index is 11.4. The van der Waals surface area contributed by atoms with Crippen molar-refractivity contribution in [1.82, 2.24) is 5.32 Å². The molecule has 1 atom stereocenters. The molecule has 1 aromatic rings. The molecule has 0 aliphatic carbocycles. The molecule has 34 heavy (non-hydrogen) atoms. The Morgan fingerprint density at radius 3 is 2.03 bits per heavy atom. The zero-order valence-corrected chi connectivity index (χ0v) is 22.5. The van der Waals surface area contributed by atoms with Crippen LogP contribution in [0.4, 0.5) is 4.79 Å². The van der Waals surface area contributed by atoms with E-state index in [0.29, 0.717) is 12.0 Å². The fraction of sp³-hybridized carbons (Fsp3) is 0.556. The Kier molecular flexibility index (Phi) is 11.7. The summed E-state index contributed by atoms with van der Waals surface area (Å²) in [6.07, 6.45) is -0.735. The summed E-state index contributed by atoms with van der Waals surface area (Å²) in [6, 6.07) is 7.73. The first kappa shape index (κ1) is 31.4. The van der Waals surface area contributed by atoms with Gasteiger partial charge in [-0.2, -0.15) is 0 Å². The number of carbonyl (C=O) groups excluding carboxylic acids is 1. The lowest BCUT2D eigenvalue weighted by Gasteiger charge is -2.30. The zero-order chi connectivity index (χ0) is 26.9. The molecule has 0 heterocycles. The lowest BCUT2D eigenvalue weighted by molar-refractivity contribution is -0.399. The van der Waals surface area contributed by atoms with E-state index in [-0.39, 0.29) is 17.7 Å². The molecule has 192 valence electrons. The predicted molar refractivity (Wildman–Crippen MR) is 136 cm³/mol. The van der Waals surface area contributed by atoms with Crippen LogP contribution in [0.3, 0.4) is 0 Å². The standard InChI is InChI=1S/C14H26O4.C13H17NO2/c1-10(2)12(15)16-11(3)9-14(7,8)18-17-13(4,5)6;1-9(2)10-6-5-7-11(8-10)13(3,4)14-12(15)16/h11H,1,9H2,2-8H3;5-8,14H,1H2,2-4H3,(H,15,16). The largest absolute Gasteiger partial charge is 0.465 e. The number of hydrogen-bond acceptors (Lipinski definition) is 5. The van der Waals surface area contributed by atoms with Gasteiger partial charge in [-0.05, 0) is 86.4 Å². The van der Waals surface area contributed by atoms with Crippen molar-refractivity contribution in [1.29, 1.82) is 0 Å². The number of allylic oxidation sites excluding steroid dienone is 1. The Labute approximate surface area is 205 Å². The van der Waals surface area contributed by atoms with Crippen LogP contribution >= 0.6 is 0 Å². The number of hydrogen-bond donors (Lipinski definition) is 2. The summed E-state index contributed by atoms with van der Waals surface area (Å²) in [5, 5.41) is 11.2. The highest BCUT2D eigenvalue weighted by Gasteiger charge is 2.28. The SMILES string of the molecule is C=C(C)C(=O)OC(C)CC(C)(C)OOC(C)(C)C.C=C(C)c1cccc(C(C)(C)NC(=O)O)c1. The van der Waals surface area contributed by atoms with E-state index in [4.69, 9.17) is 19.6 Å². The van der Waals surface area contributed by atoms with E-state index in [1.807, 2.05) is 86.6 Å². The molecule has 0 saturated carbocycles. The first-order chi connectivity index (χ1) is 15.3. The van der Waals surface area contributed by atoms with Crippen LogP contribution in [-0.4, -0.2) is 34.5 Å². The fourth-order valence-electron chi connectivity index (χ4n) is 2.80. The quantitative estimate of drug-likeness (QED) is 0.179. The number of carboxylic acid groups (broad SMARTS) is 1. The average Bonchev–Trinajstić information content (AvgIpc) is 2.65. The first-order valence-corrected chi connectivity index (χ1v) is 11.3. The lowest BCUT2D eigenvalue weighted by atomic mass is 9.92. The molecule has 1 rings (SSSR count). The normalized spacial score (nSPS) is 12.6. The highest BCUT2D eigenvalue weighted by Crippen LogP contribution is 2.24. The van der Waals surface area contributed by atoms with Crippen molar-refractivity contribution in [2.24, 2.45) is 0 Å². The van der Waals surface area contributed by atoms with Gasteiger partial charge in [0.1, 0.15) is 11.7 Å². The topological polar surface area (TPSA) is 94.1 Å². The minimum Gasteiger partial charge on any atom is -0.465 e. The van der Waals surface area contributed by atoms with Crippen molar-refractivity contribution in [3.63, 3.8) is 0 Å². The van der Waals surface area contributed by atoms with Gasteiger partial charge in [-0.15, -0.1) is 0 Å². The molecule has 2 N–H and O–H groups in total. The van der Waals surface area contributed by atoms with Crippen LogP contribution in [0, 0.1) is 0 Å². The number of ether oxygens (including phenoxy) is 1. The van der Waals surface area contributed by atoms with Crippen LogP contribution in [-0.2, 0) is 24.8 Å². The first-order valence-electron chi connectivity index (χ1n) is 11.3. The third-order valence-corrected chi connectivity index (χ3v) is 4.45. The molecular weight excluding hydrogens is 434 g/mol. The van der Waals surface area contributed by atoms with Crippen LogP contribution in [0.1, 0.15) is 86.8 Å². The van der Waals surface area contributed by atoms with Crippen molar-refractivity contribution >= 4 is 17.6 Å². The maximum Gasteiger partial charge on any atom is 0.405 e. The van der Waals surface area contributed by atoms with Gasteiger partial charge in [0, 0.05) is 12.0 Å². The van der Waals surface area contributed by atoms with E-state index in [2.05, 4.69) is 18.5 Å². The van der Waals surface area contributed by atoms with Gasteiger partial charge in [-0.25, -0.2) is 19.4 Å². The van der Waals surface area contributed by atoms with Crippen LogP contribution in [0.5, 0.6) is 0 Å². The second-order valence-corrected chi connectivity index (χ2v) is 10.7. The van der Waals surface area contributed by atoms with Crippen molar-refractivity contribution in [2.75, 3.05) is 0 Å². The van der Waals surface area contributed by atoms with Gasteiger partial charge in [0.2, 0.25) is 0 Å². The number of amides is 1. The van der Waals surface area contributed by atoms with Crippen molar-refractivity contribution in [3.05, 3.63) is 54.1 Å². The summed E-state index contributed by atoms with van der Waals surface area (Å²) >= 11 is 0. The van der Waals surface area contributed by atoms with Gasteiger partial charge in [0.25, 0.3) is 0 Å². The fourth-order valence-corrected chi connectivity index (χ4v) is 2.80. The Hall–Kier alpha value is -2.64. The monoisotopic (exact) mass is 477 g/mol. The predicted octanol–water partition coefficient (Wildman–Crippen LogP) is 6.63. The third kappa shape index (κ3) is 13.2. The minimum absolute atomic E-state index is 0.257. The van der Waals surface area contributed by atoms with Gasteiger partial charge in [-0.3, -0.25) is 0 Å². The Bertz CT molecular complexity index is 864. The van der Waals surface area contributed by atoms with E-state index in [9.17, 15) is 9.59 Å². The molecule has 1 aromatic carbocycles. The average molecular weight is 478 g/mol. The molecule has 0 aliphatic rings. The van der Waals surface area contributed by atoms with E-state index in [0.717, 1.165) is 16.7 Å². The maximum atomic E-state index is 11.4. The van der Waals surface area contributed by atoms with E-state index in [1.165, 1.54) is 0 Å². The van der Waals surface area contributed by atoms with Crippen LogP contribution < -0.4 is 5.32 Å². The Balaban J connectivity index is 0.000000644. The highest BCUT2D eigenvalue weighted by molar-refractivity contribution is 5.87. The second kappa shape index (κ2) is 12.7. The molecule has 1 amide bonds. The molecule has 7 heteroatoms. The van der Waals surface area contributed by atoms with Gasteiger partial charge in [0.15, 0.2) is 0 Å². The Morgan fingerprint density at radius 2 is 1.59 bits per heavy atom. The summed E-state index contributed by atoms with van der Waals surface area (Å²) < 4.78 is 5.21. The van der Waals surface area contributed by atoms with Crippen molar-refractivity contribution in [2.45, 2.75) is 98.5 Å². The molecule has 0 radical (unpaired) electrons. The highest BCUT2D eigenvalue weighted by atomic mass is 17.2. The number of nitrogens with one attached hydrogen (secondary N) is 1. The zero-order valence-electron chi connectivity index (χ0n) is 22.5. The van der Waals surface area contributed by atoms with Gasteiger partial charge < -0.3 is 15.2 Å². The summed E-state index contributed by atoms with van der Waals surface area (Å²) in [4.78, 5) is 32.7. The molecule has 7 nitrogen and oxygen atoms in total. The smallest absolute Gasteiger partial charge is 0.405 e. The van der Waals surface area contributed by atoms with Crippen molar-refractivity contribution < 1.29 is 29.2 Å². The Morgan fingerprint density at radius 1 is 1.03 bits per heavy atom. The van der Waals surface area contributed by atoms with E-state index in [1.54, 1.807) is 6.92 Å². The molecule has 0 bridgehead atoms. The van der Waals surface area contributed by atoms with Crippen molar-refractivity contribution in [3.8, 4) is 0 Å². The lowest BCUT2D eigenvalue weighted by Crippen LogP contribution is -2.40. The molecule has 0 saturated heterocycles. The van der Waals surface area contributed by atoms with E-state index >= 15 is 0 Å². The number of rotatable bonds is 9. The third-order valence-electron chi connectivity index (χ3n) is 4.45. The molecule has 0 spiro atoms. The summed E-state index contributed by atoms with van der Waals surface area (Å²) in [7, 11) is 0. The van der Waals surface area contributed by atoms with Gasteiger partial charge >= 0.3 is 12.1 Å². The minimum atomic E-state index is -1.02. The molecular formula is C27H43NO6. The van der Waals surface area contributed by atoms with Crippen LogP contribution in [0.25, 0.3) is 5.57 Å². The van der Waals surface area contributed by atoms with Gasteiger partial charge in [-0.1, -0.05) is 36.9 Å². The molecule has 0 fully saturated rings.